The highest BCUT2D eigenvalue weighted by Crippen LogP contribution is 2.21. The van der Waals surface area contributed by atoms with Crippen LogP contribution in [0, 0.1) is 11.8 Å². The predicted molar refractivity (Wildman–Crippen MR) is 276 cm³/mol. The molecule has 75 heavy (non-hydrogen) atoms. The van der Waals surface area contributed by atoms with Gasteiger partial charge in [0.2, 0.25) is 65.0 Å². The Labute approximate surface area is 439 Å². The van der Waals surface area contributed by atoms with Crippen LogP contribution in [-0.4, -0.2) is 180 Å². The Morgan fingerprint density at radius 2 is 1.13 bits per heavy atom. The number of aliphatic imine (C=N–C) groups is 1. The molecule has 0 aromatic rings. The molecule has 17 N–H and O–H groups in total. The molecule has 0 spiro atoms. The third-order valence-electron chi connectivity index (χ3n) is 13.6. The van der Waals surface area contributed by atoms with Crippen LogP contribution >= 0.6 is 0 Å². The summed E-state index contributed by atoms with van der Waals surface area (Å²) < 4.78 is 0. The van der Waals surface area contributed by atoms with E-state index in [2.05, 4.69) is 47.5 Å². The van der Waals surface area contributed by atoms with E-state index in [9.17, 15) is 57.8 Å². The molecule has 0 aromatic heterocycles. The molecule has 0 bridgehead atoms. The summed E-state index contributed by atoms with van der Waals surface area (Å²) >= 11 is 0. The maximum atomic E-state index is 14.2. The number of nitrogens with zero attached hydrogens (tertiary/aromatic N) is 3. The topological polar surface area (TPSA) is 427 Å². The van der Waals surface area contributed by atoms with Crippen molar-refractivity contribution in [2.45, 2.75) is 186 Å². The molecular formula is C48H85N15O12. The number of aliphatic hydroxyl groups is 1. The first-order chi connectivity index (χ1) is 35.3. The van der Waals surface area contributed by atoms with Gasteiger partial charge in [0.1, 0.15) is 48.3 Å². The first-order valence-electron chi connectivity index (χ1n) is 26.0. The van der Waals surface area contributed by atoms with E-state index in [4.69, 9.17) is 22.9 Å². The number of rotatable bonds is 32. The SMILES string of the molecule is CCC[C@H](NC(=O)[C@@H](NC(=O)[C@H](NC(=O)[C@H](CCC(N)=O)NC(=O)CNC(=O)[C@@H]1CCCN1C)[C@@H](C)CC)[C@@H](C)O)C(=O)N[C@H](C(=O)N[C@@H](CCCN=C(N)N)C(=O)N1CCC[C@H]1C(=O)N[C@H](C)C(N)=O)[C@@H](C)CC. The molecule has 12 atom stereocenters. The summed E-state index contributed by atoms with van der Waals surface area (Å²) in [5, 5.41) is 31.6. The van der Waals surface area contributed by atoms with Gasteiger partial charge in [-0.25, -0.2) is 0 Å². The summed E-state index contributed by atoms with van der Waals surface area (Å²) in [5.41, 5.74) is 21.7. The molecule has 0 unspecified atom stereocenters. The van der Waals surface area contributed by atoms with Crippen LogP contribution in [-0.2, 0) is 52.7 Å². The van der Waals surface area contributed by atoms with Gasteiger partial charge in [-0.15, -0.1) is 0 Å². The van der Waals surface area contributed by atoms with Crippen molar-refractivity contribution < 1.29 is 57.8 Å². The quantitative estimate of drug-likeness (QED) is 0.0172. The lowest BCUT2D eigenvalue weighted by molar-refractivity contribution is -0.142. The fourth-order valence-corrected chi connectivity index (χ4v) is 8.61. The molecule has 0 aliphatic carbocycles. The Kier molecular flexibility index (Phi) is 27.5. The molecular weight excluding hydrogens is 979 g/mol. The van der Waals surface area contributed by atoms with Gasteiger partial charge in [-0.2, -0.15) is 0 Å². The Hall–Kier alpha value is -6.64. The van der Waals surface area contributed by atoms with Gasteiger partial charge >= 0.3 is 0 Å². The normalized spacial score (nSPS) is 19.4. The van der Waals surface area contributed by atoms with Crippen molar-refractivity contribution in [1.29, 1.82) is 0 Å². The monoisotopic (exact) mass is 1060 g/mol. The summed E-state index contributed by atoms with van der Waals surface area (Å²) in [6, 6.07) is -10.6. The number of hydrogen-bond donors (Lipinski definition) is 13. The average molecular weight is 1060 g/mol. The predicted octanol–water partition coefficient (Wildman–Crippen LogP) is -4.32. The second-order valence-electron chi connectivity index (χ2n) is 19.6. The number of likely N-dealkylation sites (N-methyl/N-ethyl adjacent to an activating group) is 1. The molecule has 11 amide bonds. The van der Waals surface area contributed by atoms with Crippen LogP contribution < -0.4 is 65.5 Å². The summed E-state index contributed by atoms with van der Waals surface area (Å²) in [7, 11) is 1.79. The van der Waals surface area contributed by atoms with Crippen molar-refractivity contribution in [3.63, 3.8) is 0 Å². The smallest absolute Gasteiger partial charge is 0.245 e. The number of amides is 11. The van der Waals surface area contributed by atoms with Crippen molar-refractivity contribution >= 4 is 70.9 Å². The van der Waals surface area contributed by atoms with Crippen LogP contribution in [0.1, 0.15) is 126 Å². The third kappa shape index (κ3) is 20.9. The summed E-state index contributed by atoms with van der Waals surface area (Å²) in [6.07, 6.45) is 1.39. The Morgan fingerprint density at radius 1 is 0.613 bits per heavy atom. The second kappa shape index (κ2) is 31.9. The molecule has 0 aromatic carbocycles. The number of hydrogen-bond acceptors (Lipinski definition) is 14. The minimum Gasteiger partial charge on any atom is -0.391 e. The zero-order chi connectivity index (χ0) is 56.7. The van der Waals surface area contributed by atoms with E-state index in [1.54, 1.807) is 41.7 Å². The highest BCUT2D eigenvalue weighted by atomic mass is 16.3. The lowest BCUT2D eigenvalue weighted by Gasteiger charge is -2.32. The number of likely N-dealkylation sites (tertiary alicyclic amines) is 2. The van der Waals surface area contributed by atoms with Gasteiger partial charge in [0.05, 0.1) is 18.7 Å². The van der Waals surface area contributed by atoms with Gasteiger partial charge in [0.25, 0.3) is 0 Å². The molecule has 27 heteroatoms. The van der Waals surface area contributed by atoms with Crippen molar-refractivity contribution in [1.82, 2.24) is 52.3 Å². The Morgan fingerprint density at radius 3 is 1.64 bits per heavy atom. The summed E-state index contributed by atoms with van der Waals surface area (Å²) in [4.78, 5) is 154. The van der Waals surface area contributed by atoms with E-state index in [-0.39, 0.29) is 63.5 Å². The number of primary amides is 2. The maximum absolute atomic E-state index is 14.2. The highest BCUT2D eigenvalue weighted by Gasteiger charge is 2.41. The van der Waals surface area contributed by atoms with Crippen LogP contribution in [0.15, 0.2) is 4.99 Å². The van der Waals surface area contributed by atoms with Gasteiger partial charge in [-0.05, 0) is 90.6 Å². The fraction of sp³-hybridized carbons (Fsp3) is 0.750. The summed E-state index contributed by atoms with van der Waals surface area (Å²) in [5.74, 6) is -9.43. The van der Waals surface area contributed by atoms with Crippen LogP contribution in [0.5, 0.6) is 0 Å². The molecule has 2 aliphatic heterocycles. The minimum absolute atomic E-state index is 0.0273. The minimum atomic E-state index is -1.68. The van der Waals surface area contributed by atoms with E-state index in [0.29, 0.717) is 32.1 Å². The van der Waals surface area contributed by atoms with Crippen molar-refractivity contribution in [3.8, 4) is 0 Å². The van der Waals surface area contributed by atoms with Crippen LogP contribution in [0.2, 0.25) is 0 Å². The zero-order valence-electron chi connectivity index (χ0n) is 44.8. The summed E-state index contributed by atoms with van der Waals surface area (Å²) in [6.45, 7) is 11.8. The van der Waals surface area contributed by atoms with Crippen LogP contribution in [0.3, 0.4) is 0 Å². The zero-order valence-corrected chi connectivity index (χ0v) is 44.8. The highest BCUT2D eigenvalue weighted by molar-refractivity contribution is 5.99. The standard InChI is InChI=1S/C48H85N15O12/c1-9-15-29(40(68)59-36(25(4)10-2)44(72)58-31(16-12-21-53-48(51)52)47(75)63-23-14-18-33(63)43(71)55-27(6)39(50)67)57-46(74)38(28(7)64)61-45(73)37(26(5)11-3)60-41(69)30(19-20-34(49)65)56-35(66)24-54-42(70)32-17-13-22-62(32)8/h25-33,36-38,64H,9-24H2,1-8H3,(H2,49,65)(H2,50,67)(H,54,70)(H,55,71)(H,56,66)(H,57,74)(H,58,72)(H,59,68)(H,60,69)(H,61,73)(H4,51,52,53)/t25-,26-,27+,28+,29-,30-,31-,32-,33-,36-,37+,38-/m0/s1. The first kappa shape index (κ1) is 64.5. The fourth-order valence-electron chi connectivity index (χ4n) is 8.61. The van der Waals surface area contributed by atoms with E-state index in [1.165, 1.54) is 18.7 Å². The van der Waals surface area contributed by atoms with E-state index < -0.39 is 138 Å². The molecule has 27 nitrogen and oxygen atoms in total. The van der Waals surface area contributed by atoms with Gasteiger partial charge < -0.3 is 75.5 Å². The lowest BCUT2D eigenvalue weighted by Crippen LogP contribution is -2.63. The molecule has 2 aliphatic rings. The molecule has 2 saturated heterocycles. The van der Waals surface area contributed by atoms with Crippen molar-refractivity contribution in [2.24, 2.45) is 39.8 Å². The molecule has 424 valence electrons. The number of nitrogens with two attached hydrogens (primary N) is 4. The molecule has 2 fully saturated rings. The van der Waals surface area contributed by atoms with E-state index in [0.717, 1.165) is 13.0 Å². The Bertz CT molecular complexity index is 2040. The molecule has 2 heterocycles. The van der Waals surface area contributed by atoms with E-state index >= 15 is 0 Å². The van der Waals surface area contributed by atoms with Crippen molar-refractivity contribution in [2.75, 3.05) is 33.2 Å². The Balaban J connectivity index is 2.31. The average Bonchev–Trinajstić information content (AvgIpc) is 4.03. The first-order valence-corrected chi connectivity index (χ1v) is 26.0. The molecule has 2 rings (SSSR count). The van der Waals surface area contributed by atoms with Gasteiger partial charge in [-0.3, -0.25) is 62.6 Å². The van der Waals surface area contributed by atoms with Crippen LogP contribution in [0.25, 0.3) is 0 Å². The number of carbonyl (C=O) groups excluding carboxylic acids is 11. The third-order valence-corrected chi connectivity index (χ3v) is 13.6. The second-order valence-corrected chi connectivity index (χ2v) is 19.6. The number of nitrogens with one attached hydrogen (secondary N) is 8. The number of carbonyl (C=O) groups is 11. The number of aliphatic hydroxyl groups excluding tert-OH is 1. The number of guanidine groups is 1. The molecule has 0 saturated carbocycles. The molecule has 0 radical (unpaired) electrons. The van der Waals surface area contributed by atoms with Crippen LogP contribution in [0.4, 0.5) is 0 Å². The van der Waals surface area contributed by atoms with Gasteiger partial charge in [-0.1, -0.05) is 53.9 Å². The largest absolute Gasteiger partial charge is 0.391 e. The lowest BCUT2D eigenvalue weighted by atomic mass is 9.96. The van der Waals surface area contributed by atoms with Crippen molar-refractivity contribution in [3.05, 3.63) is 0 Å². The van der Waals surface area contributed by atoms with E-state index in [1.807, 2.05) is 4.90 Å². The van der Waals surface area contributed by atoms with Gasteiger partial charge in [0.15, 0.2) is 5.96 Å². The van der Waals surface area contributed by atoms with Gasteiger partial charge in [0, 0.05) is 19.5 Å². The maximum Gasteiger partial charge on any atom is 0.245 e.